The number of rotatable bonds is 12. The van der Waals surface area contributed by atoms with Crippen LogP contribution in [0.15, 0.2) is 77.7 Å². The molecular weight excluding hydrogens is 557 g/mol. The molecule has 2 amide bonds. The zero-order valence-electron chi connectivity index (χ0n) is 22.2. The fourth-order valence-electron chi connectivity index (χ4n) is 4.17. The van der Waals surface area contributed by atoms with Crippen LogP contribution in [0.3, 0.4) is 0 Å². The fourth-order valence-corrected chi connectivity index (χ4v) is 5.96. The number of nitrogens with zero attached hydrogens (tertiary/aromatic N) is 2. The fraction of sp³-hybridized carbons (Fsp3) is 0.310. The summed E-state index contributed by atoms with van der Waals surface area (Å²) in [5, 5.41) is 3.78. The van der Waals surface area contributed by atoms with Crippen molar-refractivity contribution in [3.63, 3.8) is 0 Å². The smallest absolute Gasteiger partial charge is 0.264 e. The summed E-state index contributed by atoms with van der Waals surface area (Å²) in [5.74, 6) is -0.819. The maximum atomic E-state index is 14.0. The summed E-state index contributed by atoms with van der Waals surface area (Å²) in [4.78, 5) is 28.6. The molecule has 0 aliphatic heterocycles. The molecule has 10 heteroatoms. The Morgan fingerprint density at radius 1 is 0.923 bits per heavy atom. The normalized spacial score (nSPS) is 12.0. The van der Waals surface area contributed by atoms with Gasteiger partial charge in [0.1, 0.15) is 12.6 Å². The van der Waals surface area contributed by atoms with Crippen molar-refractivity contribution in [1.82, 2.24) is 10.2 Å². The molecule has 0 aromatic heterocycles. The Kier molecular flexibility index (Phi) is 10.8. The van der Waals surface area contributed by atoms with Gasteiger partial charge in [0.05, 0.1) is 10.6 Å². The molecule has 0 radical (unpaired) electrons. The van der Waals surface area contributed by atoms with Crippen LogP contribution in [0.25, 0.3) is 0 Å². The molecule has 0 fully saturated rings. The summed E-state index contributed by atoms with van der Waals surface area (Å²) in [6, 6.07) is 19.0. The first-order valence-corrected chi connectivity index (χ1v) is 14.9. The lowest BCUT2D eigenvalue weighted by atomic mass is 10.1. The number of carbonyl (C=O) groups excluding carboxylic acids is 2. The van der Waals surface area contributed by atoms with Crippen molar-refractivity contribution < 1.29 is 18.0 Å². The molecule has 39 heavy (non-hydrogen) atoms. The molecule has 1 atom stereocenters. The van der Waals surface area contributed by atoms with Crippen molar-refractivity contribution >= 4 is 50.7 Å². The number of nitrogens with one attached hydrogen (secondary N) is 1. The van der Waals surface area contributed by atoms with Gasteiger partial charge < -0.3 is 10.2 Å². The highest BCUT2D eigenvalue weighted by Crippen LogP contribution is 2.31. The molecule has 0 spiro atoms. The molecule has 0 saturated carbocycles. The van der Waals surface area contributed by atoms with Crippen molar-refractivity contribution in [1.29, 1.82) is 0 Å². The van der Waals surface area contributed by atoms with E-state index in [1.807, 2.05) is 13.8 Å². The van der Waals surface area contributed by atoms with E-state index in [1.165, 1.54) is 17.0 Å². The minimum atomic E-state index is -4.16. The van der Waals surface area contributed by atoms with E-state index >= 15 is 0 Å². The Morgan fingerprint density at radius 2 is 1.59 bits per heavy atom. The average Bonchev–Trinajstić information content (AvgIpc) is 2.93. The molecule has 208 valence electrons. The van der Waals surface area contributed by atoms with E-state index in [9.17, 15) is 18.0 Å². The summed E-state index contributed by atoms with van der Waals surface area (Å²) in [7, 11) is -4.16. The van der Waals surface area contributed by atoms with Gasteiger partial charge in [-0.15, -0.1) is 0 Å². The Balaban J connectivity index is 2.08. The van der Waals surface area contributed by atoms with Crippen LogP contribution in [-0.2, 0) is 26.2 Å². The molecular formula is C29H33Cl2N3O4S. The summed E-state index contributed by atoms with van der Waals surface area (Å²) in [6.07, 6.45) is 1.08. The molecule has 7 nitrogen and oxygen atoms in total. The van der Waals surface area contributed by atoms with Crippen molar-refractivity contribution in [3.8, 4) is 0 Å². The highest BCUT2D eigenvalue weighted by atomic mass is 35.5. The maximum absolute atomic E-state index is 14.0. The Hall–Kier alpha value is -3.07. The molecule has 1 N–H and O–H groups in total. The van der Waals surface area contributed by atoms with Gasteiger partial charge in [-0.3, -0.25) is 13.9 Å². The molecule has 0 saturated heterocycles. The van der Waals surface area contributed by atoms with Gasteiger partial charge in [-0.25, -0.2) is 8.42 Å². The molecule has 0 heterocycles. The number of carbonyl (C=O) groups is 2. The van der Waals surface area contributed by atoms with Crippen molar-refractivity contribution in [2.24, 2.45) is 0 Å². The second-order valence-electron chi connectivity index (χ2n) is 9.07. The van der Waals surface area contributed by atoms with E-state index in [1.54, 1.807) is 67.6 Å². The molecule has 0 unspecified atom stereocenters. The first kappa shape index (κ1) is 30.5. The van der Waals surface area contributed by atoms with Crippen LogP contribution in [0.1, 0.15) is 37.8 Å². The van der Waals surface area contributed by atoms with Crippen LogP contribution in [0.4, 0.5) is 5.69 Å². The quantitative estimate of drug-likeness (QED) is 0.288. The Morgan fingerprint density at radius 3 is 2.21 bits per heavy atom. The van der Waals surface area contributed by atoms with Crippen LogP contribution in [0, 0.1) is 6.92 Å². The van der Waals surface area contributed by atoms with Crippen LogP contribution in [0.2, 0.25) is 10.0 Å². The predicted octanol–water partition coefficient (Wildman–Crippen LogP) is 5.83. The molecule has 0 aliphatic carbocycles. The minimum absolute atomic E-state index is 0.0363. The van der Waals surface area contributed by atoms with Gasteiger partial charge in [0.25, 0.3) is 10.0 Å². The first-order chi connectivity index (χ1) is 18.6. The van der Waals surface area contributed by atoms with E-state index in [4.69, 9.17) is 23.2 Å². The Labute approximate surface area is 240 Å². The number of hydrogen-bond donors (Lipinski definition) is 1. The van der Waals surface area contributed by atoms with Crippen LogP contribution >= 0.6 is 23.2 Å². The summed E-state index contributed by atoms with van der Waals surface area (Å²) in [6.45, 7) is 5.50. The molecule has 0 aliphatic rings. The van der Waals surface area contributed by atoms with Gasteiger partial charge in [0.15, 0.2) is 0 Å². The standard InChI is InChI=1S/C29H33Cl2N3O4S/c1-4-18-32-29(36)26(5-2)33(19-22-14-16-23(30)17-15-22)28(35)20-34(27-13-9-12-25(31)21(27)3)39(37,38)24-10-7-6-8-11-24/h6-17,26H,4-5,18-20H2,1-3H3,(H,32,36)/t26-/m1/s1. The summed E-state index contributed by atoms with van der Waals surface area (Å²) < 4.78 is 28.8. The average molecular weight is 591 g/mol. The second kappa shape index (κ2) is 13.8. The van der Waals surface area contributed by atoms with Crippen molar-refractivity contribution in [3.05, 3.63) is 94.0 Å². The zero-order valence-corrected chi connectivity index (χ0v) is 24.6. The van der Waals surface area contributed by atoms with Crippen LogP contribution < -0.4 is 9.62 Å². The lowest BCUT2D eigenvalue weighted by molar-refractivity contribution is -0.140. The zero-order chi connectivity index (χ0) is 28.6. The van der Waals surface area contributed by atoms with Crippen molar-refractivity contribution in [2.75, 3.05) is 17.4 Å². The third-order valence-corrected chi connectivity index (χ3v) is 8.75. The highest BCUT2D eigenvalue weighted by Gasteiger charge is 2.34. The Bertz CT molecular complexity index is 1380. The molecule has 3 rings (SSSR count). The lowest BCUT2D eigenvalue weighted by Crippen LogP contribution is -2.52. The minimum Gasteiger partial charge on any atom is -0.354 e. The topological polar surface area (TPSA) is 86.8 Å². The third-order valence-electron chi connectivity index (χ3n) is 6.32. The number of benzene rings is 3. The number of amides is 2. The predicted molar refractivity (Wildman–Crippen MR) is 157 cm³/mol. The van der Waals surface area contributed by atoms with E-state index in [-0.39, 0.29) is 23.0 Å². The second-order valence-corrected chi connectivity index (χ2v) is 11.8. The molecule has 3 aromatic rings. The van der Waals surface area contributed by atoms with Crippen molar-refractivity contribution in [2.45, 2.75) is 51.1 Å². The first-order valence-electron chi connectivity index (χ1n) is 12.7. The monoisotopic (exact) mass is 589 g/mol. The van der Waals surface area contributed by atoms with Gasteiger partial charge in [-0.1, -0.05) is 73.4 Å². The molecule has 0 bridgehead atoms. The van der Waals surface area contributed by atoms with Gasteiger partial charge in [0.2, 0.25) is 11.8 Å². The largest absolute Gasteiger partial charge is 0.354 e. The van der Waals surface area contributed by atoms with E-state index < -0.39 is 28.5 Å². The van der Waals surface area contributed by atoms with Gasteiger partial charge >= 0.3 is 0 Å². The number of anilines is 1. The van der Waals surface area contributed by atoms with Gasteiger partial charge in [0, 0.05) is 23.1 Å². The van der Waals surface area contributed by atoms with E-state index in [0.717, 1.165) is 16.3 Å². The van der Waals surface area contributed by atoms with Crippen LogP contribution in [0.5, 0.6) is 0 Å². The lowest BCUT2D eigenvalue weighted by Gasteiger charge is -2.33. The van der Waals surface area contributed by atoms with Crippen LogP contribution in [-0.4, -0.2) is 44.3 Å². The summed E-state index contributed by atoms with van der Waals surface area (Å²) >= 11 is 12.4. The van der Waals surface area contributed by atoms with Gasteiger partial charge in [-0.2, -0.15) is 0 Å². The van der Waals surface area contributed by atoms with E-state index in [0.29, 0.717) is 28.6 Å². The third kappa shape index (κ3) is 7.53. The highest BCUT2D eigenvalue weighted by molar-refractivity contribution is 7.92. The number of sulfonamides is 1. The van der Waals surface area contributed by atoms with Gasteiger partial charge in [-0.05, 0) is 67.3 Å². The van der Waals surface area contributed by atoms with E-state index in [2.05, 4.69) is 5.32 Å². The number of halogens is 2. The number of hydrogen-bond acceptors (Lipinski definition) is 4. The molecule has 3 aromatic carbocycles. The summed E-state index contributed by atoms with van der Waals surface area (Å²) in [5.41, 5.74) is 1.56. The maximum Gasteiger partial charge on any atom is 0.264 e. The SMILES string of the molecule is CCCNC(=O)[C@@H](CC)N(Cc1ccc(Cl)cc1)C(=O)CN(c1cccc(Cl)c1C)S(=O)(=O)c1ccccc1.